The Morgan fingerprint density at radius 2 is 1.84 bits per heavy atom. The van der Waals surface area contributed by atoms with Gasteiger partial charge < -0.3 is 19.9 Å². The minimum Gasteiger partial charge on any atom is -0.493 e. The number of rotatable bonds is 9. The van der Waals surface area contributed by atoms with Gasteiger partial charge in [0.2, 0.25) is 0 Å². The maximum Gasteiger partial charge on any atom is 0.318 e. The number of hydrogen-bond donors (Lipinski definition) is 1. The summed E-state index contributed by atoms with van der Waals surface area (Å²) in [6.07, 6.45) is 2.24. The first-order chi connectivity index (χ1) is 14.9. The highest BCUT2D eigenvalue weighted by atomic mass is 19.1. The van der Waals surface area contributed by atoms with Gasteiger partial charge in [0.05, 0.1) is 6.61 Å². The molecule has 0 radical (unpaired) electrons. The van der Waals surface area contributed by atoms with Crippen LogP contribution in [0.5, 0.6) is 5.75 Å². The number of ether oxygens (including phenoxy) is 1. The monoisotopic (exact) mass is 427 g/mol. The van der Waals surface area contributed by atoms with Crippen molar-refractivity contribution in [2.75, 3.05) is 26.7 Å². The highest BCUT2D eigenvalue weighted by Crippen LogP contribution is 2.18. The molecule has 0 aliphatic carbocycles. The summed E-state index contributed by atoms with van der Waals surface area (Å²) in [6.45, 7) is 7.53. The van der Waals surface area contributed by atoms with E-state index >= 15 is 0 Å². The van der Waals surface area contributed by atoms with Gasteiger partial charge in [0, 0.05) is 25.7 Å². The summed E-state index contributed by atoms with van der Waals surface area (Å²) in [6, 6.07) is 14.4. The summed E-state index contributed by atoms with van der Waals surface area (Å²) >= 11 is 0. The quantitative estimate of drug-likeness (QED) is 0.633. The lowest BCUT2D eigenvalue weighted by molar-refractivity contribution is 0.172. The molecule has 2 aromatic carbocycles. The Bertz CT molecular complexity index is 824. The predicted molar refractivity (Wildman–Crippen MR) is 121 cm³/mol. The number of carbonyl (C=O) groups excluding carboxylic acids is 1. The Morgan fingerprint density at radius 3 is 2.45 bits per heavy atom. The number of carbonyl (C=O) groups is 1. The molecule has 6 heteroatoms. The number of likely N-dealkylation sites (N-methyl/N-ethyl adjacent to an activating group) is 1. The second-order valence-electron chi connectivity index (χ2n) is 8.79. The molecule has 1 aliphatic heterocycles. The first-order valence-corrected chi connectivity index (χ1v) is 11.1. The largest absolute Gasteiger partial charge is 0.493 e. The Labute approximate surface area is 185 Å². The first kappa shape index (κ1) is 23.1. The maximum absolute atomic E-state index is 13.3. The van der Waals surface area contributed by atoms with Crippen molar-refractivity contribution in [3.8, 4) is 5.75 Å². The third-order valence-electron chi connectivity index (χ3n) is 5.63. The Morgan fingerprint density at radius 1 is 1.16 bits per heavy atom. The zero-order valence-corrected chi connectivity index (χ0v) is 18.8. The Balaban J connectivity index is 1.59. The van der Waals surface area contributed by atoms with Gasteiger partial charge in [0.15, 0.2) is 0 Å². The van der Waals surface area contributed by atoms with Crippen LogP contribution < -0.4 is 10.1 Å². The SMILES string of the molecule is CC(C)COc1ccc(CNC(=O)N(Cc2ccc(F)cc2)CC2CCCN2C)cc1. The van der Waals surface area contributed by atoms with E-state index in [1.807, 2.05) is 29.2 Å². The van der Waals surface area contributed by atoms with E-state index in [9.17, 15) is 9.18 Å². The van der Waals surface area contributed by atoms with Crippen LogP contribution in [0.15, 0.2) is 48.5 Å². The molecule has 5 nitrogen and oxygen atoms in total. The fourth-order valence-electron chi connectivity index (χ4n) is 3.75. The van der Waals surface area contributed by atoms with Crippen molar-refractivity contribution in [2.45, 2.75) is 45.8 Å². The van der Waals surface area contributed by atoms with Crippen LogP contribution in [-0.2, 0) is 13.1 Å². The normalized spacial score (nSPS) is 16.5. The van der Waals surface area contributed by atoms with Crippen LogP contribution >= 0.6 is 0 Å². The van der Waals surface area contributed by atoms with Crippen molar-refractivity contribution in [2.24, 2.45) is 5.92 Å². The van der Waals surface area contributed by atoms with Gasteiger partial charge in [-0.15, -0.1) is 0 Å². The molecule has 2 aromatic rings. The number of nitrogens with zero attached hydrogens (tertiary/aromatic N) is 2. The summed E-state index contributed by atoms with van der Waals surface area (Å²) in [5.74, 6) is 1.05. The number of amides is 2. The van der Waals surface area contributed by atoms with Gasteiger partial charge in [-0.2, -0.15) is 0 Å². The van der Waals surface area contributed by atoms with Gasteiger partial charge in [-0.25, -0.2) is 9.18 Å². The van der Waals surface area contributed by atoms with Crippen molar-refractivity contribution < 1.29 is 13.9 Å². The Kier molecular flexibility index (Phi) is 8.29. The average molecular weight is 428 g/mol. The van der Waals surface area contributed by atoms with Crippen LogP contribution in [0.1, 0.15) is 37.8 Å². The summed E-state index contributed by atoms with van der Waals surface area (Å²) in [5.41, 5.74) is 1.94. The molecule has 1 N–H and O–H groups in total. The van der Waals surface area contributed by atoms with Crippen LogP contribution in [0, 0.1) is 11.7 Å². The van der Waals surface area contributed by atoms with E-state index < -0.39 is 0 Å². The third kappa shape index (κ3) is 7.24. The fraction of sp³-hybridized carbons (Fsp3) is 0.480. The number of urea groups is 1. The van der Waals surface area contributed by atoms with E-state index in [1.54, 1.807) is 12.1 Å². The van der Waals surface area contributed by atoms with E-state index in [0.29, 0.717) is 38.2 Å². The highest BCUT2D eigenvalue weighted by Gasteiger charge is 2.25. The lowest BCUT2D eigenvalue weighted by Gasteiger charge is -2.29. The molecule has 0 saturated carbocycles. The molecule has 168 valence electrons. The number of nitrogens with one attached hydrogen (secondary N) is 1. The minimum absolute atomic E-state index is 0.107. The molecule has 1 unspecified atom stereocenters. The van der Waals surface area contributed by atoms with Gasteiger partial charge in [0.25, 0.3) is 0 Å². The smallest absolute Gasteiger partial charge is 0.318 e. The van der Waals surface area contributed by atoms with Crippen molar-refractivity contribution >= 4 is 6.03 Å². The highest BCUT2D eigenvalue weighted by molar-refractivity contribution is 5.74. The molecular weight excluding hydrogens is 393 g/mol. The second-order valence-corrected chi connectivity index (χ2v) is 8.79. The first-order valence-electron chi connectivity index (χ1n) is 11.1. The lowest BCUT2D eigenvalue weighted by atomic mass is 10.1. The molecular formula is C25H34FN3O2. The molecule has 0 aromatic heterocycles. The maximum atomic E-state index is 13.3. The van der Waals surface area contributed by atoms with Crippen molar-refractivity contribution in [1.29, 1.82) is 0 Å². The van der Waals surface area contributed by atoms with E-state index in [4.69, 9.17) is 4.74 Å². The summed E-state index contributed by atoms with van der Waals surface area (Å²) in [4.78, 5) is 17.2. The molecule has 1 saturated heterocycles. The van der Waals surface area contributed by atoms with Gasteiger partial charge in [-0.3, -0.25) is 0 Å². The standard InChI is InChI=1S/C25H34FN3O2/c1-19(2)18-31-24-12-8-20(9-13-24)15-27-25(30)29(17-23-5-4-14-28(23)3)16-21-6-10-22(26)11-7-21/h6-13,19,23H,4-5,14-18H2,1-3H3,(H,27,30). The molecule has 2 amide bonds. The van der Waals surface area contributed by atoms with Crippen LogP contribution in [0.2, 0.25) is 0 Å². The van der Waals surface area contributed by atoms with Crippen LogP contribution in [-0.4, -0.2) is 48.6 Å². The molecule has 1 atom stereocenters. The zero-order valence-electron chi connectivity index (χ0n) is 18.8. The van der Waals surface area contributed by atoms with Crippen molar-refractivity contribution in [3.63, 3.8) is 0 Å². The van der Waals surface area contributed by atoms with E-state index in [1.165, 1.54) is 12.1 Å². The van der Waals surface area contributed by atoms with Gasteiger partial charge in [-0.05, 0) is 67.7 Å². The molecule has 0 spiro atoms. The van der Waals surface area contributed by atoms with E-state index in [-0.39, 0.29) is 11.8 Å². The molecule has 31 heavy (non-hydrogen) atoms. The number of hydrogen-bond acceptors (Lipinski definition) is 3. The lowest BCUT2D eigenvalue weighted by Crippen LogP contribution is -2.45. The molecule has 1 fully saturated rings. The van der Waals surface area contributed by atoms with Gasteiger partial charge in [0.1, 0.15) is 11.6 Å². The number of benzene rings is 2. The Hall–Kier alpha value is -2.60. The van der Waals surface area contributed by atoms with Gasteiger partial charge >= 0.3 is 6.03 Å². The molecule has 1 heterocycles. The van der Waals surface area contributed by atoms with Crippen molar-refractivity contribution in [3.05, 3.63) is 65.5 Å². The number of likely N-dealkylation sites (tertiary alicyclic amines) is 1. The third-order valence-corrected chi connectivity index (χ3v) is 5.63. The summed E-state index contributed by atoms with van der Waals surface area (Å²) in [5, 5.41) is 3.04. The van der Waals surface area contributed by atoms with Crippen molar-refractivity contribution in [1.82, 2.24) is 15.1 Å². The van der Waals surface area contributed by atoms with Crippen LogP contribution in [0.4, 0.5) is 9.18 Å². The molecule has 1 aliphatic rings. The average Bonchev–Trinajstić information content (AvgIpc) is 3.16. The summed E-state index contributed by atoms with van der Waals surface area (Å²) < 4.78 is 19.0. The zero-order chi connectivity index (χ0) is 22.2. The topological polar surface area (TPSA) is 44.8 Å². The number of halogens is 1. The molecule has 0 bridgehead atoms. The molecule has 3 rings (SSSR count). The van der Waals surface area contributed by atoms with Gasteiger partial charge in [-0.1, -0.05) is 38.1 Å². The van der Waals surface area contributed by atoms with E-state index in [2.05, 4.69) is 31.1 Å². The van der Waals surface area contributed by atoms with Crippen LogP contribution in [0.25, 0.3) is 0 Å². The minimum atomic E-state index is -0.268. The second kappa shape index (κ2) is 11.1. The fourth-order valence-corrected chi connectivity index (χ4v) is 3.75. The predicted octanol–water partition coefficient (Wildman–Crippen LogP) is 4.67. The van der Waals surface area contributed by atoms with Crippen LogP contribution in [0.3, 0.4) is 0 Å². The van der Waals surface area contributed by atoms with E-state index in [0.717, 1.165) is 36.3 Å². The summed E-state index contributed by atoms with van der Waals surface area (Å²) in [7, 11) is 2.11.